The van der Waals surface area contributed by atoms with Gasteiger partial charge >= 0.3 is 0 Å². The number of hydrogen-bond acceptors (Lipinski definition) is 8. The summed E-state index contributed by atoms with van der Waals surface area (Å²) in [6.45, 7) is 0. The van der Waals surface area contributed by atoms with E-state index >= 15 is 0 Å². The summed E-state index contributed by atoms with van der Waals surface area (Å²) in [7, 11) is 10.2. The molecular weight excluding hydrogens is 705 g/mol. The number of nitrogens with zero attached hydrogens (tertiary/aromatic N) is 6. The molecule has 280 valence electrons. The van der Waals surface area contributed by atoms with Gasteiger partial charge in [0.2, 0.25) is 0 Å². The van der Waals surface area contributed by atoms with Crippen molar-refractivity contribution >= 4 is 33.9 Å². The smallest absolute Gasteiger partial charge is 0.254 e. The highest BCUT2D eigenvalue weighted by atomic mass is 16.5. The van der Waals surface area contributed by atoms with Gasteiger partial charge in [0.05, 0.1) is 25.3 Å². The Bertz CT molecular complexity index is 2510. The fourth-order valence-corrected chi connectivity index (χ4v) is 6.45. The van der Waals surface area contributed by atoms with E-state index in [9.17, 15) is 9.59 Å². The van der Waals surface area contributed by atoms with Gasteiger partial charge < -0.3 is 29.2 Å². The van der Waals surface area contributed by atoms with Crippen molar-refractivity contribution in [2.45, 2.75) is 0 Å². The van der Waals surface area contributed by atoms with Crippen LogP contribution in [0.3, 0.4) is 0 Å². The number of carbonyl (C=O) groups excluding carboxylic acids is 2. The van der Waals surface area contributed by atoms with Crippen LogP contribution < -0.4 is 9.47 Å². The van der Waals surface area contributed by atoms with Gasteiger partial charge in [-0.1, -0.05) is 36.4 Å². The number of hydrogen-bond donors (Lipinski definition) is 2. The molecule has 0 aliphatic rings. The van der Waals surface area contributed by atoms with Crippen LogP contribution in [0.4, 0.5) is 0 Å². The molecule has 0 radical (unpaired) electrons. The van der Waals surface area contributed by atoms with Crippen LogP contribution in [0.15, 0.2) is 122 Å². The number of methoxy groups -OCH3 is 2. The first kappa shape index (κ1) is 37.0. The van der Waals surface area contributed by atoms with Crippen molar-refractivity contribution < 1.29 is 19.1 Å². The van der Waals surface area contributed by atoms with Crippen LogP contribution in [-0.2, 0) is 0 Å². The maximum Gasteiger partial charge on any atom is 0.254 e. The first-order chi connectivity index (χ1) is 27.2. The molecule has 0 aliphatic heterocycles. The molecule has 12 heteroatoms. The second-order valence-corrected chi connectivity index (χ2v) is 13.4. The van der Waals surface area contributed by atoms with E-state index in [0.717, 1.165) is 78.1 Å². The summed E-state index contributed by atoms with van der Waals surface area (Å²) < 4.78 is 11.0. The van der Waals surface area contributed by atoms with Crippen molar-refractivity contribution in [3.05, 3.63) is 133 Å². The molecule has 2 N–H and O–H groups in total. The second kappa shape index (κ2) is 15.9. The summed E-state index contributed by atoms with van der Waals surface area (Å²) in [5.74, 6) is 1.43. The Labute approximate surface area is 323 Å². The second-order valence-electron chi connectivity index (χ2n) is 13.4. The molecule has 8 rings (SSSR count). The van der Waals surface area contributed by atoms with E-state index in [2.05, 4.69) is 42.0 Å². The number of carbonyl (C=O) groups is 2. The molecule has 0 unspecified atom stereocenters. The van der Waals surface area contributed by atoms with Gasteiger partial charge in [-0.3, -0.25) is 19.6 Å². The monoisotopic (exact) mass is 744 g/mol. The lowest BCUT2D eigenvalue weighted by Crippen LogP contribution is -2.21. The highest BCUT2D eigenvalue weighted by molar-refractivity contribution is 6.00. The van der Waals surface area contributed by atoms with Gasteiger partial charge in [0.15, 0.2) is 0 Å². The van der Waals surface area contributed by atoms with E-state index in [-0.39, 0.29) is 11.8 Å². The number of aromatic nitrogens is 6. The quantitative estimate of drug-likeness (QED) is 0.159. The number of rotatable bonds is 8. The van der Waals surface area contributed by atoms with E-state index in [1.165, 1.54) is 9.80 Å². The summed E-state index contributed by atoms with van der Waals surface area (Å²) in [4.78, 5) is 51.6. The van der Waals surface area contributed by atoms with Gasteiger partial charge in [-0.05, 0) is 36.4 Å². The molecule has 2 amide bonds. The van der Waals surface area contributed by atoms with E-state index < -0.39 is 0 Å². The first-order valence-electron chi connectivity index (χ1n) is 17.7. The highest BCUT2D eigenvalue weighted by Crippen LogP contribution is 2.37. The Morgan fingerprint density at radius 1 is 0.518 bits per heavy atom. The lowest BCUT2D eigenvalue weighted by atomic mass is 10.0. The third-order valence-electron chi connectivity index (χ3n) is 9.31. The Balaban J connectivity index is 0.000000172. The molecule has 0 atom stereocenters. The molecular formula is C44H40N8O4. The van der Waals surface area contributed by atoms with Crippen LogP contribution >= 0.6 is 0 Å². The van der Waals surface area contributed by atoms with Crippen LogP contribution in [0.2, 0.25) is 0 Å². The van der Waals surface area contributed by atoms with Gasteiger partial charge in [0, 0.05) is 133 Å². The number of fused-ring (bicyclic) bond motifs is 2. The topological polar surface area (TPSA) is 142 Å². The van der Waals surface area contributed by atoms with E-state index in [1.54, 1.807) is 79.6 Å². The number of H-pyrrole nitrogens is 2. The van der Waals surface area contributed by atoms with Crippen LogP contribution in [0.5, 0.6) is 11.5 Å². The maximum absolute atomic E-state index is 12.3. The van der Waals surface area contributed by atoms with Gasteiger partial charge in [-0.15, -0.1) is 0 Å². The van der Waals surface area contributed by atoms with Crippen LogP contribution in [0.1, 0.15) is 20.7 Å². The Morgan fingerprint density at radius 3 is 1.30 bits per heavy atom. The zero-order valence-electron chi connectivity index (χ0n) is 31.9. The highest BCUT2D eigenvalue weighted by Gasteiger charge is 2.16. The van der Waals surface area contributed by atoms with Crippen molar-refractivity contribution in [3.8, 4) is 56.0 Å². The summed E-state index contributed by atoms with van der Waals surface area (Å²) >= 11 is 0. The van der Waals surface area contributed by atoms with Crippen molar-refractivity contribution in [2.75, 3.05) is 42.4 Å². The molecule has 0 fully saturated rings. The number of para-hydroxylation sites is 2. The molecule has 0 saturated heterocycles. The number of nitrogens with one attached hydrogen (secondary N) is 2. The van der Waals surface area contributed by atoms with Gasteiger partial charge in [0.1, 0.15) is 22.8 Å². The number of benzene rings is 2. The number of pyridine rings is 4. The molecule has 6 aromatic heterocycles. The molecule has 8 aromatic rings. The van der Waals surface area contributed by atoms with Crippen molar-refractivity contribution in [2.24, 2.45) is 0 Å². The Morgan fingerprint density at radius 2 is 0.911 bits per heavy atom. The zero-order chi connectivity index (χ0) is 39.3. The number of ether oxygens (including phenoxy) is 2. The summed E-state index contributed by atoms with van der Waals surface area (Å²) in [5, 5.41) is 1.96. The standard InChI is InChI=1S/2C22H20N4O2/c2*1-26(2)22(27)16-8-14(10-23-11-16)15-9-18-19(13-25-21(18)24-12-15)17-6-4-5-7-20(17)28-3/h2*4-13H,1-3H3,(H,24,25). The largest absolute Gasteiger partial charge is 0.496 e. The maximum atomic E-state index is 12.3. The Kier molecular flexibility index (Phi) is 10.5. The molecule has 6 heterocycles. The van der Waals surface area contributed by atoms with Crippen LogP contribution in [0, 0.1) is 0 Å². The summed E-state index contributed by atoms with van der Waals surface area (Å²) in [5.41, 5.74) is 10.1. The molecule has 0 saturated carbocycles. The molecule has 0 spiro atoms. The third kappa shape index (κ3) is 7.40. The fraction of sp³-hybridized carbons (Fsp3) is 0.136. The zero-order valence-corrected chi connectivity index (χ0v) is 31.9. The van der Waals surface area contributed by atoms with Gasteiger partial charge in [0.25, 0.3) is 11.8 Å². The van der Waals surface area contributed by atoms with Crippen LogP contribution in [0.25, 0.3) is 66.6 Å². The lowest BCUT2D eigenvalue weighted by Gasteiger charge is -2.11. The number of aromatic amines is 2. The van der Waals surface area contributed by atoms with Gasteiger partial charge in [-0.25, -0.2) is 9.97 Å². The molecule has 2 aromatic carbocycles. The third-order valence-corrected chi connectivity index (χ3v) is 9.31. The van der Waals surface area contributed by atoms with Crippen LogP contribution in [-0.4, -0.2) is 93.9 Å². The average Bonchev–Trinajstić information content (AvgIpc) is 3.87. The van der Waals surface area contributed by atoms with E-state index in [4.69, 9.17) is 9.47 Å². The molecule has 12 nitrogen and oxygen atoms in total. The minimum atomic E-state index is -0.0836. The summed E-state index contributed by atoms with van der Waals surface area (Å²) in [6, 6.07) is 23.6. The first-order valence-corrected chi connectivity index (χ1v) is 17.7. The van der Waals surface area contributed by atoms with E-state index in [0.29, 0.717) is 11.1 Å². The fourth-order valence-electron chi connectivity index (χ4n) is 6.45. The molecule has 0 aliphatic carbocycles. The minimum Gasteiger partial charge on any atom is -0.496 e. The van der Waals surface area contributed by atoms with E-state index in [1.807, 2.05) is 73.1 Å². The predicted octanol–water partition coefficient (Wildman–Crippen LogP) is 8.00. The normalized spacial score (nSPS) is 10.8. The lowest BCUT2D eigenvalue weighted by molar-refractivity contribution is 0.0820. The molecule has 56 heavy (non-hydrogen) atoms. The van der Waals surface area contributed by atoms with Crippen molar-refractivity contribution in [1.29, 1.82) is 0 Å². The SMILES string of the molecule is COc1ccccc1-c1c[nH]c2ncc(-c3cncc(C(=O)N(C)C)c3)cc12.COc1ccccc1-c1c[nH]c2ncc(-c3cncc(C(=O)N(C)C)c3)cc12. The predicted molar refractivity (Wildman–Crippen MR) is 219 cm³/mol. The summed E-state index contributed by atoms with van der Waals surface area (Å²) in [6.07, 6.45) is 14.1. The Hall–Kier alpha value is -7.34. The molecule has 0 bridgehead atoms. The number of amides is 2. The van der Waals surface area contributed by atoms with Crippen molar-refractivity contribution in [1.82, 2.24) is 39.7 Å². The minimum absolute atomic E-state index is 0.0836. The van der Waals surface area contributed by atoms with Crippen molar-refractivity contribution in [3.63, 3.8) is 0 Å². The average molecular weight is 745 g/mol. The van der Waals surface area contributed by atoms with Gasteiger partial charge in [-0.2, -0.15) is 0 Å².